The van der Waals surface area contributed by atoms with Crippen LogP contribution in [-0.2, 0) is 0 Å². The summed E-state index contributed by atoms with van der Waals surface area (Å²) in [5, 5.41) is 0. The van der Waals surface area contributed by atoms with Gasteiger partial charge in [-0.05, 0) is 44.7 Å². The summed E-state index contributed by atoms with van der Waals surface area (Å²) in [5.74, 6) is 0. The largest absolute Gasteiger partial charge is 0.365 e. The summed E-state index contributed by atoms with van der Waals surface area (Å²) >= 11 is 0. The van der Waals surface area contributed by atoms with Crippen molar-refractivity contribution < 1.29 is 0 Å². The number of rotatable bonds is 4. The summed E-state index contributed by atoms with van der Waals surface area (Å²) in [4.78, 5) is 7.05. The first-order valence-corrected chi connectivity index (χ1v) is 7.17. The minimum absolute atomic E-state index is 0.0667. The maximum Gasteiger partial charge on any atom is 0.0572 e. The maximum absolute atomic E-state index is 6.00. The Labute approximate surface area is 110 Å². The van der Waals surface area contributed by atoms with Crippen molar-refractivity contribution in [3.63, 3.8) is 0 Å². The van der Waals surface area contributed by atoms with Crippen LogP contribution in [0.2, 0.25) is 0 Å². The molecule has 1 fully saturated rings. The van der Waals surface area contributed by atoms with E-state index in [1.165, 1.54) is 24.9 Å². The summed E-state index contributed by atoms with van der Waals surface area (Å²) in [5.41, 5.74) is 8.25. The highest BCUT2D eigenvalue weighted by atomic mass is 15.2. The van der Waals surface area contributed by atoms with Crippen molar-refractivity contribution in [3.05, 3.63) is 24.0 Å². The van der Waals surface area contributed by atoms with E-state index in [4.69, 9.17) is 5.73 Å². The zero-order chi connectivity index (χ0) is 13.1. The molecule has 2 rings (SSSR count). The fraction of sp³-hybridized carbons (Fsp3) is 0.667. The van der Waals surface area contributed by atoms with Crippen LogP contribution in [0.3, 0.4) is 0 Å². The molecule has 3 atom stereocenters. The van der Waals surface area contributed by atoms with Crippen LogP contribution in [0.5, 0.6) is 0 Å². The maximum atomic E-state index is 6.00. The first kappa shape index (κ1) is 13.3. The number of nitrogens with two attached hydrogens (primary N) is 1. The lowest BCUT2D eigenvalue weighted by atomic mass is 10.1. The van der Waals surface area contributed by atoms with Gasteiger partial charge in [0.1, 0.15) is 0 Å². The lowest BCUT2D eigenvalue weighted by molar-refractivity contribution is 0.625. The number of aromatic nitrogens is 1. The Balaban J connectivity index is 2.18. The molecule has 1 aromatic heterocycles. The lowest BCUT2D eigenvalue weighted by Gasteiger charge is -2.30. The molecule has 3 nitrogen and oxygen atoms in total. The van der Waals surface area contributed by atoms with Crippen LogP contribution < -0.4 is 10.6 Å². The van der Waals surface area contributed by atoms with Gasteiger partial charge < -0.3 is 10.6 Å². The van der Waals surface area contributed by atoms with Crippen LogP contribution in [0.1, 0.15) is 58.2 Å². The molecule has 2 heterocycles. The van der Waals surface area contributed by atoms with Gasteiger partial charge in [0.2, 0.25) is 0 Å². The van der Waals surface area contributed by atoms with E-state index >= 15 is 0 Å². The Bertz CT molecular complexity index is 374. The minimum atomic E-state index is 0.0667. The topological polar surface area (TPSA) is 42.1 Å². The van der Waals surface area contributed by atoms with E-state index in [9.17, 15) is 0 Å². The molecule has 18 heavy (non-hydrogen) atoms. The van der Waals surface area contributed by atoms with Crippen molar-refractivity contribution in [3.8, 4) is 0 Å². The molecule has 0 amide bonds. The normalized spacial score (nSPS) is 25.4. The monoisotopic (exact) mass is 247 g/mol. The number of pyridine rings is 1. The van der Waals surface area contributed by atoms with Crippen LogP contribution in [0, 0.1) is 0 Å². The number of anilines is 1. The SMILES string of the molecule is CCC1CCC(C)N1c1ccc([C@H](N)CC)nc1. The zero-order valence-corrected chi connectivity index (χ0v) is 11.8. The van der Waals surface area contributed by atoms with Gasteiger partial charge in [-0.3, -0.25) is 4.98 Å². The van der Waals surface area contributed by atoms with Crippen molar-refractivity contribution in [2.24, 2.45) is 5.73 Å². The minimum Gasteiger partial charge on any atom is -0.365 e. The van der Waals surface area contributed by atoms with Gasteiger partial charge in [-0.15, -0.1) is 0 Å². The van der Waals surface area contributed by atoms with Crippen molar-refractivity contribution in [2.45, 2.75) is 64.6 Å². The highest BCUT2D eigenvalue weighted by Crippen LogP contribution is 2.31. The first-order chi connectivity index (χ1) is 8.67. The van der Waals surface area contributed by atoms with Gasteiger partial charge in [-0.1, -0.05) is 13.8 Å². The zero-order valence-electron chi connectivity index (χ0n) is 11.8. The fourth-order valence-corrected chi connectivity index (χ4v) is 2.92. The lowest BCUT2D eigenvalue weighted by Crippen LogP contribution is -2.34. The van der Waals surface area contributed by atoms with Crippen LogP contribution >= 0.6 is 0 Å². The van der Waals surface area contributed by atoms with E-state index < -0.39 is 0 Å². The summed E-state index contributed by atoms with van der Waals surface area (Å²) in [7, 11) is 0. The fourth-order valence-electron chi connectivity index (χ4n) is 2.92. The van der Waals surface area contributed by atoms with Crippen molar-refractivity contribution in [2.75, 3.05) is 4.90 Å². The van der Waals surface area contributed by atoms with Crippen LogP contribution in [-0.4, -0.2) is 17.1 Å². The van der Waals surface area contributed by atoms with Gasteiger partial charge in [0.05, 0.1) is 17.6 Å². The first-order valence-electron chi connectivity index (χ1n) is 7.17. The summed E-state index contributed by atoms with van der Waals surface area (Å²) in [6.07, 6.45) is 6.72. The predicted octanol–water partition coefficient (Wildman–Crippen LogP) is 3.26. The molecular weight excluding hydrogens is 222 g/mol. The highest BCUT2D eigenvalue weighted by Gasteiger charge is 2.29. The van der Waals surface area contributed by atoms with Gasteiger partial charge in [-0.2, -0.15) is 0 Å². The summed E-state index contributed by atoms with van der Waals surface area (Å²) in [6.45, 7) is 6.67. The molecule has 2 unspecified atom stereocenters. The summed E-state index contributed by atoms with van der Waals surface area (Å²) in [6, 6.07) is 5.64. The van der Waals surface area contributed by atoms with E-state index in [-0.39, 0.29) is 6.04 Å². The van der Waals surface area contributed by atoms with E-state index in [0.29, 0.717) is 12.1 Å². The van der Waals surface area contributed by atoms with E-state index in [2.05, 4.69) is 42.8 Å². The average Bonchev–Trinajstić information content (AvgIpc) is 2.79. The molecule has 100 valence electrons. The number of hydrogen-bond acceptors (Lipinski definition) is 3. The van der Waals surface area contributed by atoms with Gasteiger partial charge >= 0.3 is 0 Å². The summed E-state index contributed by atoms with van der Waals surface area (Å²) < 4.78 is 0. The van der Waals surface area contributed by atoms with Gasteiger partial charge in [-0.25, -0.2) is 0 Å². The molecule has 0 bridgehead atoms. The molecule has 0 spiro atoms. The highest BCUT2D eigenvalue weighted by molar-refractivity contribution is 5.48. The molecule has 0 saturated carbocycles. The second-order valence-corrected chi connectivity index (χ2v) is 5.35. The van der Waals surface area contributed by atoms with E-state index in [0.717, 1.165) is 12.1 Å². The third kappa shape index (κ3) is 2.51. The molecule has 0 aliphatic carbocycles. The molecule has 3 heteroatoms. The molecule has 2 N–H and O–H groups in total. The van der Waals surface area contributed by atoms with Crippen molar-refractivity contribution >= 4 is 5.69 Å². The average molecular weight is 247 g/mol. The standard InChI is InChI=1S/C15H25N3/c1-4-12-7-6-11(3)18(12)13-8-9-15(17-10-13)14(16)5-2/h8-12,14H,4-7,16H2,1-3H3/t11?,12?,14-/m1/s1. The number of nitrogens with zero attached hydrogens (tertiary/aromatic N) is 2. The van der Waals surface area contributed by atoms with Gasteiger partial charge in [0, 0.05) is 18.1 Å². The van der Waals surface area contributed by atoms with E-state index in [1.54, 1.807) is 0 Å². The Morgan fingerprint density at radius 2 is 2.17 bits per heavy atom. The van der Waals surface area contributed by atoms with Crippen molar-refractivity contribution in [1.29, 1.82) is 0 Å². The molecule has 0 aromatic carbocycles. The molecule has 1 aliphatic rings. The second kappa shape index (κ2) is 5.70. The molecule has 1 aliphatic heterocycles. The molecular formula is C15H25N3. The smallest absolute Gasteiger partial charge is 0.0572 e. The molecule has 0 radical (unpaired) electrons. The predicted molar refractivity (Wildman–Crippen MR) is 76.7 cm³/mol. The van der Waals surface area contributed by atoms with Crippen LogP contribution in [0.4, 0.5) is 5.69 Å². The number of hydrogen-bond donors (Lipinski definition) is 1. The Morgan fingerprint density at radius 3 is 2.72 bits per heavy atom. The Morgan fingerprint density at radius 1 is 1.39 bits per heavy atom. The quantitative estimate of drug-likeness (QED) is 0.888. The Kier molecular flexibility index (Phi) is 4.23. The van der Waals surface area contributed by atoms with Crippen LogP contribution in [0.15, 0.2) is 18.3 Å². The van der Waals surface area contributed by atoms with Crippen molar-refractivity contribution in [1.82, 2.24) is 4.98 Å². The van der Waals surface area contributed by atoms with Crippen LogP contribution in [0.25, 0.3) is 0 Å². The van der Waals surface area contributed by atoms with Gasteiger partial charge in [0.15, 0.2) is 0 Å². The second-order valence-electron chi connectivity index (χ2n) is 5.35. The third-order valence-electron chi connectivity index (χ3n) is 4.15. The third-order valence-corrected chi connectivity index (χ3v) is 4.15. The molecule has 1 saturated heterocycles. The van der Waals surface area contributed by atoms with E-state index in [1.807, 2.05) is 6.20 Å². The van der Waals surface area contributed by atoms with Gasteiger partial charge in [0.25, 0.3) is 0 Å². The Hall–Kier alpha value is -1.09. The molecule has 1 aromatic rings.